The van der Waals surface area contributed by atoms with Crippen LogP contribution < -0.4 is 5.32 Å². The van der Waals surface area contributed by atoms with Crippen LogP contribution in [0.2, 0.25) is 0 Å². The molecule has 0 aromatic rings. The van der Waals surface area contributed by atoms with Crippen molar-refractivity contribution in [2.24, 2.45) is 17.3 Å². The molecule has 4 heteroatoms. The number of carbonyl (C=O) groups is 1. The van der Waals surface area contributed by atoms with Gasteiger partial charge in [-0.15, -0.1) is 12.4 Å². The summed E-state index contributed by atoms with van der Waals surface area (Å²) < 4.78 is 0. The van der Waals surface area contributed by atoms with Gasteiger partial charge < -0.3 is 10.2 Å². The Morgan fingerprint density at radius 1 is 1.17 bits per heavy atom. The molecule has 0 radical (unpaired) electrons. The van der Waals surface area contributed by atoms with Crippen molar-refractivity contribution in [1.82, 2.24) is 10.2 Å². The minimum absolute atomic E-state index is 0. The molecule has 0 aromatic carbocycles. The fourth-order valence-electron chi connectivity index (χ4n) is 3.00. The van der Waals surface area contributed by atoms with Crippen molar-refractivity contribution in [2.75, 3.05) is 26.2 Å². The number of hydrogen-bond acceptors (Lipinski definition) is 2. The molecule has 18 heavy (non-hydrogen) atoms. The number of likely N-dealkylation sites (tertiary alicyclic amines) is 1. The number of nitrogens with zero attached hydrogens (tertiary/aromatic N) is 1. The second-order valence-corrected chi connectivity index (χ2v) is 6.28. The van der Waals surface area contributed by atoms with Crippen LogP contribution in [0.1, 0.15) is 40.0 Å². The lowest BCUT2D eigenvalue weighted by atomic mass is 9.77. The number of amides is 1. The van der Waals surface area contributed by atoms with Gasteiger partial charge in [0.05, 0.1) is 0 Å². The van der Waals surface area contributed by atoms with Crippen LogP contribution in [0, 0.1) is 17.3 Å². The molecule has 106 valence electrons. The van der Waals surface area contributed by atoms with Gasteiger partial charge in [0.25, 0.3) is 0 Å². The average Bonchev–Trinajstić information content (AvgIpc) is 2.76. The number of nitrogens with one attached hydrogen (secondary N) is 1. The van der Waals surface area contributed by atoms with Gasteiger partial charge in [-0.25, -0.2) is 0 Å². The molecule has 0 aliphatic carbocycles. The normalized spacial score (nSPS) is 24.1. The third kappa shape index (κ3) is 3.18. The minimum atomic E-state index is 0. The topological polar surface area (TPSA) is 32.3 Å². The number of carbonyl (C=O) groups excluding carboxylic acids is 1. The van der Waals surface area contributed by atoms with Gasteiger partial charge in [-0.1, -0.05) is 20.8 Å². The zero-order chi connectivity index (χ0) is 12.5. The molecule has 1 amide bonds. The Kier molecular flexibility index (Phi) is 5.47. The standard InChI is InChI=1S/C14H26N2O.ClH/c1-11(2)12(3)13(17)16-8-5-14(6-9-16)4-7-15-10-14;/h11-12,15H,4-10H2,1-3H3;1H. The predicted octanol–water partition coefficient (Wildman–Crippen LogP) is 2.30. The lowest BCUT2D eigenvalue weighted by Crippen LogP contribution is -2.46. The zero-order valence-corrected chi connectivity index (χ0v) is 12.7. The van der Waals surface area contributed by atoms with Gasteiger partial charge in [-0.3, -0.25) is 4.79 Å². The Morgan fingerprint density at radius 3 is 2.22 bits per heavy atom. The number of piperidine rings is 1. The van der Waals surface area contributed by atoms with Crippen LogP contribution in [0.4, 0.5) is 0 Å². The third-order valence-corrected chi connectivity index (χ3v) is 4.86. The summed E-state index contributed by atoms with van der Waals surface area (Å²) in [7, 11) is 0. The maximum Gasteiger partial charge on any atom is 0.225 e. The summed E-state index contributed by atoms with van der Waals surface area (Å²) >= 11 is 0. The van der Waals surface area contributed by atoms with Crippen LogP contribution in [0.15, 0.2) is 0 Å². The molecule has 0 saturated carbocycles. The van der Waals surface area contributed by atoms with E-state index in [9.17, 15) is 4.79 Å². The minimum Gasteiger partial charge on any atom is -0.342 e. The second kappa shape index (κ2) is 6.25. The van der Waals surface area contributed by atoms with Gasteiger partial charge in [0, 0.05) is 25.6 Å². The SMILES string of the molecule is CC(C)C(C)C(=O)N1CCC2(CCNC2)CC1.Cl. The first kappa shape index (κ1) is 15.8. The van der Waals surface area contributed by atoms with E-state index in [-0.39, 0.29) is 18.3 Å². The monoisotopic (exact) mass is 274 g/mol. The Balaban J connectivity index is 0.00000162. The highest BCUT2D eigenvalue weighted by Gasteiger charge is 2.38. The number of hydrogen-bond donors (Lipinski definition) is 1. The van der Waals surface area contributed by atoms with Crippen molar-refractivity contribution < 1.29 is 4.79 Å². The summed E-state index contributed by atoms with van der Waals surface area (Å²) in [6.07, 6.45) is 3.68. The summed E-state index contributed by atoms with van der Waals surface area (Å²) in [5, 5.41) is 3.46. The van der Waals surface area contributed by atoms with E-state index < -0.39 is 0 Å². The van der Waals surface area contributed by atoms with E-state index in [4.69, 9.17) is 0 Å². The molecule has 1 spiro atoms. The largest absolute Gasteiger partial charge is 0.342 e. The van der Waals surface area contributed by atoms with Crippen molar-refractivity contribution in [1.29, 1.82) is 0 Å². The predicted molar refractivity (Wildman–Crippen MR) is 77.0 cm³/mol. The molecule has 2 aliphatic rings. The number of rotatable bonds is 2. The molecule has 2 saturated heterocycles. The Morgan fingerprint density at radius 2 is 1.78 bits per heavy atom. The van der Waals surface area contributed by atoms with Crippen LogP contribution in [0.25, 0.3) is 0 Å². The Bertz CT molecular complexity index is 278. The van der Waals surface area contributed by atoms with Crippen molar-refractivity contribution in [3.05, 3.63) is 0 Å². The van der Waals surface area contributed by atoms with E-state index in [2.05, 4.69) is 31.0 Å². The zero-order valence-electron chi connectivity index (χ0n) is 11.9. The lowest BCUT2D eigenvalue weighted by molar-refractivity contribution is -0.138. The molecule has 1 unspecified atom stereocenters. The number of halogens is 1. The van der Waals surface area contributed by atoms with Crippen LogP contribution in [-0.2, 0) is 4.79 Å². The molecular weight excluding hydrogens is 248 g/mol. The first-order chi connectivity index (χ1) is 8.04. The van der Waals surface area contributed by atoms with E-state index in [1.54, 1.807) is 0 Å². The summed E-state index contributed by atoms with van der Waals surface area (Å²) in [6.45, 7) is 10.6. The second-order valence-electron chi connectivity index (χ2n) is 6.28. The van der Waals surface area contributed by atoms with Crippen LogP contribution in [0.5, 0.6) is 0 Å². The van der Waals surface area contributed by atoms with Gasteiger partial charge in [0.1, 0.15) is 0 Å². The molecule has 0 aromatic heterocycles. The molecule has 2 fully saturated rings. The molecular formula is C14H27ClN2O. The van der Waals surface area contributed by atoms with Crippen LogP contribution >= 0.6 is 12.4 Å². The van der Waals surface area contributed by atoms with Gasteiger partial charge in [-0.05, 0) is 37.1 Å². The first-order valence-electron chi connectivity index (χ1n) is 7.04. The smallest absolute Gasteiger partial charge is 0.225 e. The maximum absolute atomic E-state index is 12.3. The summed E-state index contributed by atoms with van der Waals surface area (Å²) in [5.41, 5.74) is 0.512. The lowest BCUT2D eigenvalue weighted by Gasteiger charge is -2.40. The van der Waals surface area contributed by atoms with E-state index in [0.29, 0.717) is 17.2 Å². The van der Waals surface area contributed by atoms with Gasteiger partial charge in [-0.2, -0.15) is 0 Å². The molecule has 2 aliphatic heterocycles. The molecule has 2 heterocycles. The summed E-state index contributed by atoms with van der Waals surface area (Å²) in [4.78, 5) is 14.3. The average molecular weight is 275 g/mol. The highest BCUT2D eigenvalue weighted by Crippen LogP contribution is 2.37. The molecule has 1 atom stereocenters. The Labute approximate surface area is 117 Å². The summed E-state index contributed by atoms with van der Waals surface area (Å²) in [6, 6.07) is 0. The summed E-state index contributed by atoms with van der Waals surface area (Å²) in [5.74, 6) is 0.984. The molecule has 1 N–H and O–H groups in total. The van der Waals surface area contributed by atoms with Gasteiger partial charge in [0.15, 0.2) is 0 Å². The highest BCUT2D eigenvalue weighted by atomic mass is 35.5. The van der Waals surface area contributed by atoms with Crippen molar-refractivity contribution in [2.45, 2.75) is 40.0 Å². The molecule has 0 bridgehead atoms. The van der Waals surface area contributed by atoms with E-state index in [1.807, 2.05) is 0 Å². The molecule has 3 nitrogen and oxygen atoms in total. The third-order valence-electron chi connectivity index (χ3n) is 4.86. The first-order valence-corrected chi connectivity index (χ1v) is 7.04. The van der Waals surface area contributed by atoms with Gasteiger partial charge in [0.2, 0.25) is 5.91 Å². The van der Waals surface area contributed by atoms with Crippen molar-refractivity contribution in [3.8, 4) is 0 Å². The molecule has 2 rings (SSSR count). The van der Waals surface area contributed by atoms with Crippen LogP contribution in [0.3, 0.4) is 0 Å². The van der Waals surface area contributed by atoms with Crippen molar-refractivity contribution in [3.63, 3.8) is 0 Å². The van der Waals surface area contributed by atoms with Crippen molar-refractivity contribution >= 4 is 18.3 Å². The quantitative estimate of drug-likeness (QED) is 0.838. The van der Waals surface area contributed by atoms with Crippen LogP contribution in [-0.4, -0.2) is 37.0 Å². The van der Waals surface area contributed by atoms with E-state index in [1.165, 1.54) is 19.3 Å². The van der Waals surface area contributed by atoms with E-state index >= 15 is 0 Å². The fraction of sp³-hybridized carbons (Fsp3) is 0.929. The van der Waals surface area contributed by atoms with E-state index in [0.717, 1.165) is 26.2 Å². The highest BCUT2D eigenvalue weighted by molar-refractivity contribution is 5.85. The van der Waals surface area contributed by atoms with Gasteiger partial charge >= 0.3 is 0 Å². The fourth-order valence-corrected chi connectivity index (χ4v) is 3.00. The maximum atomic E-state index is 12.3. The Hall–Kier alpha value is -0.280.